The molecule has 0 fully saturated rings. The predicted molar refractivity (Wildman–Crippen MR) is 192 cm³/mol. The Bertz CT molecular complexity index is 1430. The summed E-state index contributed by atoms with van der Waals surface area (Å²) in [6.07, 6.45) is 16.2. The van der Waals surface area contributed by atoms with Crippen molar-refractivity contribution < 1.29 is 9.59 Å². The molecule has 246 valence electrons. The van der Waals surface area contributed by atoms with Crippen LogP contribution in [-0.2, 0) is 0 Å². The van der Waals surface area contributed by atoms with E-state index in [0.717, 1.165) is 125 Å². The number of pyridine rings is 2. The monoisotopic (exact) mass is 622 g/mol. The first-order valence-corrected chi connectivity index (χ1v) is 17.9. The topological polar surface area (TPSA) is 66.4 Å². The molecule has 0 atom stereocenters. The van der Waals surface area contributed by atoms with Crippen LogP contribution in [0.3, 0.4) is 0 Å². The summed E-state index contributed by atoms with van der Waals surface area (Å²) < 4.78 is 0. The van der Waals surface area contributed by atoms with Crippen molar-refractivity contribution in [2.24, 2.45) is 0 Å². The number of nitrogens with zero attached hydrogens (tertiary/aromatic N) is 4. The molecule has 2 aromatic carbocycles. The molecular weight excluding hydrogens is 568 g/mol. The van der Waals surface area contributed by atoms with Gasteiger partial charge in [-0.3, -0.25) is 19.6 Å². The molecule has 6 nitrogen and oxygen atoms in total. The summed E-state index contributed by atoms with van der Waals surface area (Å²) in [5.74, 6) is 0.0187. The van der Waals surface area contributed by atoms with Crippen LogP contribution in [-0.4, -0.2) is 57.8 Å². The van der Waals surface area contributed by atoms with Gasteiger partial charge in [-0.15, -0.1) is 0 Å². The second kappa shape index (κ2) is 18.4. The molecule has 2 heterocycles. The Kier molecular flexibility index (Phi) is 14.0. The summed E-state index contributed by atoms with van der Waals surface area (Å²) in [6.45, 7) is 11.6. The van der Waals surface area contributed by atoms with Gasteiger partial charge >= 0.3 is 0 Å². The van der Waals surface area contributed by atoms with E-state index >= 15 is 0 Å². The number of para-hydroxylation sites is 2. The van der Waals surface area contributed by atoms with Gasteiger partial charge in [0.2, 0.25) is 0 Å². The fraction of sp³-hybridized carbons (Fsp3) is 0.500. The van der Waals surface area contributed by atoms with Gasteiger partial charge in [0.1, 0.15) is 0 Å². The minimum atomic E-state index is 0.00936. The number of benzene rings is 2. The molecule has 0 aliphatic carbocycles. The van der Waals surface area contributed by atoms with E-state index in [2.05, 4.69) is 27.7 Å². The fourth-order valence-corrected chi connectivity index (χ4v) is 6.31. The van der Waals surface area contributed by atoms with Gasteiger partial charge in [0.05, 0.1) is 22.2 Å². The minimum Gasteiger partial charge on any atom is -0.339 e. The number of hydrogen-bond donors (Lipinski definition) is 0. The zero-order valence-corrected chi connectivity index (χ0v) is 28.7. The second-order valence-electron chi connectivity index (χ2n) is 12.5. The zero-order chi connectivity index (χ0) is 32.7. The minimum absolute atomic E-state index is 0.00936. The highest BCUT2D eigenvalue weighted by atomic mass is 16.2. The third kappa shape index (κ3) is 8.71. The Balaban J connectivity index is 1.92. The molecule has 46 heavy (non-hydrogen) atoms. The molecule has 4 rings (SSSR count). The average molecular weight is 623 g/mol. The Morgan fingerprint density at radius 2 is 0.826 bits per heavy atom. The smallest absolute Gasteiger partial charge is 0.255 e. The van der Waals surface area contributed by atoms with Crippen LogP contribution in [0.1, 0.15) is 125 Å². The van der Waals surface area contributed by atoms with Crippen molar-refractivity contribution in [1.29, 1.82) is 0 Å². The first-order valence-electron chi connectivity index (χ1n) is 17.9. The lowest BCUT2D eigenvalue weighted by molar-refractivity contribution is 0.0742. The third-order valence-electron chi connectivity index (χ3n) is 8.97. The maximum atomic E-state index is 14.8. The molecule has 6 heteroatoms. The van der Waals surface area contributed by atoms with Crippen LogP contribution in [0.5, 0.6) is 0 Å². The van der Waals surface area contributed by atoms with Crippen LogP contribution in [0.4, 0.5) is 0 Å². The first kappa shape index (κ1) is 35.1. The predicted octanol–water partition coefficient (Wildman–Crippen LogP) is 10.1. The summed E-state index contributed by atoms with van der Waals surface area (Å²) in [5.41, 5.74) is 4.16. The summed E-state index contributed by atoms with van der Waals surface area (Å²) in [7, 11) is 0. The Hall–Kier alpha value is -3.80. The standard InChI is InChI=1S/C40H54N4O2/c1-5-9-17-25-43(26-18-10-6-2)39(45)37-31-21-13-15-23-35(31)41-29-33(37)34-30-42-36-24-16-14-22-32(36)38(34)40(46)44(27-19-11-7-3)28-20-12-8-4/h13-16,21-24,29-30H,5-12,17-20,25-28H2,1-4H3. The van der Waals surface area contributed by atoms with Crippen LogP contribution >= 0.6 is 0 Å². The van der Waals surface area contributed by atoms with E-state index in [1.807, 2.05) is 58.3 Å². The van der Waals surface area contributed by atoms with E-state index in [1.165, 1.54) is 0 Å². The molecule has 0 aliphatic heterocycles. The zero-order valence-electron chi connectivity index (χ0n) is 28.7. The van der Waals surface area contributed by atoms with E-state index in [0.29, 0.717) is 22.3 Å². The van der Waals surface area contributed by atoms with Gasteiger partial charge in [-0.1, -0.05) is 115 Å². The van der Waals surface area contributed by atoms with Gasteiger partial charge < -0.3 is 9.80 Å². The molecule has 0 unspecified atom stereocenters. The highest BCUT2D eigenvalue weighted by Gasteiger charge is 2.28. The average Bonchev–Trinajstić information content (AvgIpc) is 3.09. The number of aromatic nitrogens is 2. The molecule has 0 N–H and O–H groups in total. The molecule has 2 amide bonds. The lowest BCUT2D eigenvalue weighted by Crippen LogP contribution is -2.34. The highest BCUT2D eigenvalue weighted by Crippen LogP contribution is 2.36. The van der Waals surface area contributed by atoms with Crippen LogP contribution in [0, 0.1) is 0 Å². The maximum absolute atomic E-state index is 14.8. The van der Waals surface area contributed by atoms with Crippen molar-refractivity contribution in [1.82, 2.24) is 19.8 Å². The first-order chi connectivity index (χ1) is 22.5. The number of carbonyl (C=O) groups is 2. The lowest BCUT2D eigenvalue weighted by atomic mass is 9.92. The summed E-state index contributed by atoms with van der Waals surface area (Å²) in [5, 5.41) is 1.63. The highest BCUT2D eigenvalue weighted by molar-refractivity contribution is 6.16. The molecule has 4 aromatic rings. The quantitative estimate of drug-likeness (QED) is 0.0976. The van der Waals surface area contributed by atoms with E-state index in [1.54, 1.807) is 12.4 Å². The van der Waals surface area contributed by atoms with E-state index in [4.69, 9.17) is 9.97 Å². The number of fused-ring (bicyclic) bond motifs is 2. The van der Waals surface area contributed by atoms with Crippen molar-refractivity contribution in [3.05, 3.63) is 72.1 Å². The van der Waals surface area contributed by atoms with Gasteiger partial charge in [0.25, 0.3) is 11.8 Å². The van der Waals surface area contributed by atoms with E-state index in [9.17, 15) is 9.59 Å². The van der Waals surface area contributed by atoms with Crippen molar-refractivity contribution in [2.75, 3.05) is 26.2 Å². The summed E-state index contributed by atoms with van der Waals surface area (Å²) >= 11 is 0. The molecule has 0 bridgehead atoms. The SMILES string of the molecule is CCCCCN(CCCCC)C(=O)c1c(-c2cnc3ccccc3c2C(=O)N(CCCCC)CCCCC)cnc2ccccc12. The normalized spacial score (nSPS) is 11.3. The van der Waals surface area contributed by atoms with Crippen LogP contribution in [0.2, 0.25) is 0 Å². The van der Waals surface area contributed by atoms with Crippen LogP contribution < -0.4 is 0 Å². The number of hydrogen-bond acceptors (Lipinski definition) is 4. The van der Waals surface area contributed by atoms with Gasteiger partial charge in [-0.05, 0) is 37.8 Å². The van der Waals surface area contributed by atoms with E-state index < -0.39 is 0 Å². The van der Waals surface area contributed by atoms with Crippen LogP contribution in [0.25, 0.3) is 32.9 Å². The lowest BCUT2D eigenvalue weighted by Gasteiger charge is -2.27. The number of amides is 2. The number of rotatable bonds is 19. The fourth-order valence-electron chi connectivity index (χ4n) is 6.31. The maximum Gasteiger partial charge on any atom is 0.255 e. The van der Waals surface area contributed by atoms with Crippen molar-refractivity contribution >= 4 is 33.6 Å². The third-order valence-corrected chi connectivity index (χ3v) is 8.97. The largest absolute Gasteiger partial charge is 0.339 e. The molecule has 0 saturated carbocycles. The van der Waals surface area contributed by atoms with Crippen molar-refractivity contribution in [3.63, 3.8) is 0 Å². The van der Waals surface area contributed by atoms with Crippen LogP contribution in [0.15, 0.2) is 60.9 Å². The Morgan fingerprint density at radius 3 is 1.15 bits per heavy atom. The van der Waals surface area contributed by atoms with Crippen molar-refractivity contribution in [3.8, 4) is 11.1 Å². The van der Waals surface area contributed by atoms with Gasteiger partial charge in [-0.2, -0.15) is 0 Å². The van der Waals surface area contributed by atoms with E-state index in [-0.39, 0.29) is 11.8 Å². The molecule has 2 aromatic heterocycles. The number of unbranched alkanes of at least 4 members (excludes halogenated alkanes) is 8. The summed E-state index contributed by atoms with van der Waals surface area (Å²) in [4.78, 5) is 43.2. The van der Waals surface area contributed by atoms with Gasteiger partial charge in [0, 0.05) is 60.5 Å². The number of carbonyl (C=O) groups excluding carboxylic acids is 2. The van der Waals surface area contributed by atoms with Gasteiger partial charge in [-0.25, -0.2) is 0 Å². The molecule has 0 saturated heterocycles. The van der Waals surface area contributed by atoms with Gasteiger partial charge in [0.15, 0.2) is 0 Å². The Morgan fingerprint density at radius 1 is 0.500 bits per heavy atom. The molecular formula is C40H54N4O2. The Labute approximate surface area is 276 Å². The second-order valence-corrected chi connectivity index (χ2v) is 12.5. The summed E-state index contributed by atoms with van der Waals surface area (Å²) in [6, 6.07) is 15.8. The molecule has 0 spiro atoms. The molecule has 0 aliphatic rings. The molecule has 0 radical (unpaired) electrons. The van der Waals surface area contributed by atoms with Crippen molar-refractivity contribution in [2.45, 2.75) is 105 Å².